The molecule has 1 amide bonds. The smallest absolute Gasteiger partial charge is 0.224 e. The molecule has 1 rings (SSSR count). The second-order valence-corrected chi connectivity index (χ2v) is 5.86. The molecule has 90 valence electrons. The predicted molar refractivity (Wildman–Crippen MR) is 63.7 cm³/mol. The Labute approximate surface area is 98.4 Å². The van der Waals surface area contributed by atoms with E-state index in [9.17, 15) is 4.79 Å². The van der Waals surface area contributed by atoms with Crippen LogP contribution < -0.4 is 0 Å². The van der Waals surface area contributed by atoms with Gasteiger partial charge in [-0.2, -0.15) is 5.26 Å². The molecule has 0 aliphatic heterocycles. The lowest BCUT2D eigenvalue weighted by atomic mass is 9.91. The minimum Gasteiger partial charge on any atom is -0.326 e. The molecule has 0 aromatic carbocycles. The maximum atomic E-state index is 12.1. The average molecular weight is 222 g/mol. The standard InChI is InChI=1S/C13H22N2O/c1-13(2,3)10-12(16)15(9-8-14)11-6-4-5-7-11/h11H,4-7,9-10H2,1-3H3. The summed E-state index contributed by atoms with van der Waals surface area (Å²) in [4.78, 5) is 13.9. The van der Waals surface area contributed by atoms with Gasteiger partial charge in [-0.25, -0.2) is 0 Å². The van der Waals surface area contributed by atoms with Crippen LogP contribution in [0.3, 0.4) is 0 Å². The molecule has 3 nitrogen and oxygen atoms in total. The van der Waals surface area contributed by atoms with Crippen molar-refractivity contribution in [2.24, 2.45) is 5.41 Å². The van der Waals surface area contributed by atoms with Gasteiger partial charge < -0.3 is 4.90 Å². The van der Waals surface area contributed by atoms with Crippen LogP contribution in [0.25, 0.3) is 0 Å². The molecule has 3 heteroatoms. The van der Waals surface area contributed by atoms with Crippen LogP contribution in [0.5, 0.6) is 0 Å². The molecule has 0 heterocycles. The van der Waals surface area contributed by atoms with Gasteiger partial charge in [0, 0.05) is 12.5 Å². The Balaban J connectivity index is 2.62. The number of rotatable bonds is 3. The van der Waals surface area contributed by atoms with E-state index in [-0.39, 0.29) is 17.9 Å². The molecule has 0 aromatic rings. The summed E-state index contributed by atoms with van der Waals surface area (Å²) in [5.41, 5.74) is 0.00337. The summed E-state index contributed by atoms with van der Waals surface area (Å²) in [6, 6.07) is 2.43. The van der Waals surface area contributed by atoms with Crippen molar-refractivity contribution in [2.75, 3.05) is 6.54 Å². The van der Waals surface area contributed by atoms with Crippen LogP contribution in [0, 0.1) is 16.7 Å². The Morgan fingerprint density at radius 1 is 1.38 bits per heavy atom. The van der Waals surface area contributed by atoms with E-state index < -0.39 is 0 Å². The van der Waals surface area contributed by atoms with E-state index in [1.54, 1.807) is 4.90 Å². The number of hydrogen-bond acceptors (Lipinski definition) is 2. The zero-order valence-corrected chi connectivity index (χ0v) is 10.6. The highest BCUT2D eigenvalue weighted by Crippen LogP contribution is 2.26. The van der Waals surface area contributed by atoms with Gasteiger partial charge in [0.25, 0.3) is 0 Å². The van der Waals surface area contributed by atoms with E-state index in [4.69, 9.17) is 5.26 Å². The van der Waals surface area contributed by atoms with Crippen LogP contribution in [-0.4, -0.2) is 23.4 Å². The first-order chi connectivity index (χ1) is 7.44. The third-order valence-electron chi connectivity index (χ3n) is 3.01. The van der Waals surface area contributed by atoms with Crippen molar-refractivity contribution in [1.29, 1.82) is 5.26 Å². The highest BCUT2D eigenvalue weighted by molar-refractivity contribution is 5.77. The van der Waals surface area contributed by atoms with Crippen LogP contribution in [0.1, 0.15) is 52.9 Å². The third-order valence-corrected chi connectivity index (χ3v) is 3.01. The molecule has 0 atom stereocenters. The minimum atomic E-state index is 0.00337. The molecule has 1 aliphatic carbocycles. The molecule has 16 heavy (non-hydrogen) atoms. The van der Waals surface area contributed by atoms with E-state index >= 15 is 0 Å². The molecule has 0 unspecified atom stereocenters. The molecular formula is C13H22N2O. The number of amides is 1. The van der Waals surface area contributed by atoms with Crippen LogP contribution in [0.15, 0.2) is 0 Å². The largest absolute Gasteiger partial charge is 0.326 e. The second kappa shape index (κ2) is 5.34. The molecule has 1 saturated carbocycles. The third kappa shape index (κ3) is 3.84. The van der Waals surface area contributed by atoms with Gasteiger partial charge in [-0.3, -0.25) is 4.79 Å². The zero-order chi connectivity index (χ0) is 12.2. The van der Waals surface area contributed by atoms with Crippen LogP contribution in [-0.2, 0) is 4.79 Å². The minimum absolute atomic E-state index is 0.00337. The van der Waals surface area contributed by atoms with E-state index in [0.717, 1.165) is 12.8 Å². The summed E-state index contributed by atoms with van der Waals surface area (Å²) in [5, 5.41) is 8.80. The Bertz CT molecular complexity index is 279. The van der Waals surface area contributed by atoms with Gasteiger partial charge in [0.1, 0.15) is 6.54 Å². The average Bonchev–Trinajstić information content (AvgIpc) is 2.63. The molecule has 1 aliphatic rings. The summed E-state index contributed by atoms with van der Waals surface area (Å²) in [5.74, 6) is 0.140. The predicted octanol–water partition coefficient (Wildman–Crippen LogP) is 2.72. The lowest BCUT2D eigenvalue weighted by Crippen LogP contribution is -2.40. The van der Waals surface area contributed by atoms with E-state index in [1.165, 1.54) is 12.8 Å². The molecule has 1 fully saturated rings. The van der Waals surface area contributed by atoms with Crippen molar-refractivity contribution in [1.82, 2.24) is 4.90 Å². The fourth-order valence-electron chi connectivity index (χ4n) is 2.27. The van der Waals surface area contributed by atoms with Crippen LogP contribution >= 0.6 is 0 Å². The first-order valence-electron chi connectivity index (χ1n) is 6.10. The van der Waals surface area contributed by atoms with Crippen LogP contribution in [0.2, 0.25) is 0 Å². The summed E-state index contributed by atoms with van der Waals surface area (Å²) in [6.45, 7) is 6.43. The molecule has 0 N–H and O–H groups in total. The lowest BCUT2D eigenvalue weighted by Gasteiger charge is -2.29. The van der Waals surface area contributed by atoms with Crippen LogP contribution in [0.4, 0.5) is 0 Å². The topological polar surface area (TPSA) is 44.1 Å². The quantitative estimate of drug-likeness (QED) is 0.689. The molecule has 0 aromatic heterocycles. The Kier molecular flexibility index (Phi) is 4.35. The molecular weight excluding hydrogens is 200 g/mol. The summed E-state index contributed by atoms with van der Waals surface area (Å²) in [7, 11) is 0. The van der Waals surface area contributed by atoms with Gasteiger partial charge in [-0.15, -0.1) is 0 Å². The molecule has 0 spiro atoms. The van der Waals surface area contributed by atoms with E-state index in [1.807, 2.05) is 0 Å². The SMILES string of the molecule is CC(C)(C)CC(=O)N(CC#N)C1CCCC1. The number of nitriles is 1. The number of hydrogen-bond donors (Lipinski definition) is 0. The van der Waals surface area contributed by atoms with Crippen molar-refractivity contribution in [3.05, 3.63) is 0 Å². The molecule has 0 radical (unpaired) electrons. The Morgan fingerprint density at radius 2 is 1.94 bits per heavy atom. The number of carbonyl (C=O) groups excluding carboxylic acids is 1. The Morgan fingerprint density at radius 3 is 2.38 bits per heavy atom. The lowest BCUT2D eigenvalue weighted by molar-refractivity contribution is -0.134. The fraction of sp³-hybridized carbons (Fsp3) is 0.846. The van der Waals surface area contributed by atoms with Crippen molar-refractivity contribution in [3.63, 3.8) is 0 Å². The van der Waals surface area contributed by atoms with E-state index in [0.29, 0.717) is 12.5 Å². The first-order valence-corrected chi connectivity index (χ1v) is 6.10. The number of nitrogens with zero attached hydrogens (tertiary/aromatic N) is 2. The van der Waals surface area contributed by atoms with Gasteiger partial charge in [-0.05, 0) is 18.3 Å². The summed E-state index contributed by atoms with van der Waals surface area (Å²) < 4.78 is 0. The van der Waals surface area contributed by atoms with E-state index in [2.05, 4.69) is 26.8 Å². The second-order valence-electron chi connectivity index (χ2n) is 5.86. The Hall–Kier alpha value is -1.04. The maximum absolute atomic E-state index is 12.1. The van der Waals surface area contributed by atoms with Crippen molar-refractivity contribution >= 4 is 5.91 Å². The summed E-state index contributed by atoms with van der Waals surface area (Å²) >= 11 is 0. The monoisotopic (exact) mass is 222 g/mol. The summed E-state index contributed by atoms with van der Waals surface area (Å²) in [6.07, 6.45) is 5.05. The van der Waals surface area contributed by atoms with Crippen molar-refractivity contribution in [2.45, 2.75) is 58.9 Å². The highest BCUT2D eigenvalue weighted by atomic mass is 16.2. The van der Waals surface area contributed by atoms with Crippen molar-refractivity contribution in [3.8, 4) is 6.07 Å². The fourth-order valence-corrected chi connectivity index (χ4v) is 2.27. The van der Waals surface area contributed by atoms with Crippen molar-refractivity contribution < 1.29 is 4.79 Å². The van der Waals surface area contributed by atoms with Gasteiger partial charge in [0.05, 0.1) is 6.07 Å². The zero-order valence-electron chi connectivity index (χ0n) is 10.6. The normalized spacial score (nSPS) is 17.1. The highest BCUT2D eigenvalue weighted by Gasteiger charge is 2.28. The first kappa shape index (κ1) is 13.0. The molecule has 0 bridgehead atoms. The molecule has 0 saturated heterocycles. The van der Waals surface area contributed by atoms with Gasteiger partial charge in [0.2, 0.25) is 5.91 Å². The van der Waals surface area contributed by atoms with Gasteiger partial charge >= 0.3 is 0 Å². The van der Waals surface area contributed by atoms with Gasteiger partial charge in [-0.1, -0.05) is 33.6 Å². The van der Waals surface area contributed by atoms with Gasteiger partial charge in [0.15, 0.2) is 0 Å². The number of carbonyl (C=O) groups is 1. The maximum Gasteiger partial charge on any atom is 0.224 e.